The van der Waals surface area contributed by atoms with Gasteiger partial charge in [0, 0.05) is 37.8 Å². The van der Waals surface area contributed by atoms with Crippen LogP contribution >= 0.6 is 0 Å². The number of hydrogen-bond donors (Lipinski definition) is 1. The number of nitrogens with zero attached hydrogens (tertiary/aromatic N) is 7. The van der Waals surface area contributed by atoms with Gasteiger partial charge in [0.05, 0.1) is 14.2 Å². The number of methoxy groups -OCH3 is 2. The molecule has 52 heavy (non-hydrogen) atoms. The summed E-state index contributed by atoms with van der Waals surface area (Å²) in [7, 11) is 3.32. The van der Waals surface area contributed by atoms with Gasteiger partial charge in [-0.1, -0.05) is 88.3 Å². The second kappa shape index (κ2) is 16.0. The van der Waals surface area contributed by atoms with Crippen LogP contribution in [0, 0.1) is 12.1 Å². The first-order valence-corrected chi connectivity index (χ1v) is 15.8. The third kappa shape index (κ3) is 7.34. The van der Waals surface area contributed by atoms with Crippen molar-refractivity contribution in [3.8, 4) is 22.9 Å². The summed E-state index contributed by atoms with van der Waals surface area (Å²) in [5, 5.41) is 30.5. The van der Waals surface area contributed by atoms with Gasteiger partial charge in [-0.15, -0.1) is 24.3 Å². The van der Waals surface area contributed by atoms with Crippen LogP contribution in [-0.4, -0.2) is 60.3 Å². The molecular formula is C40H29IrN7O4-2. The van der Waals surface area contributed by atoms with Crippen molar-refractivity contribution in [1.82, 2.24) is 35.0 Å². The molecule has 0 unspecified atom stereocenters. The maximum atomic E-state index is 10.1. The third-order valence-corrected chi connectivity index (χ3v) is 7.87. The number of rotatable bonds is 5. The summed E-state index contributed by atoms with van der Waals surface area (Å²) < 4.78 is 10.8. The average Bonchev–Trinajstić information content (AvgIpc) is 3.83. The molecule has 1 N–H and O–H groups in total. The van der Waals surface area contributed by atoms with Crippen LogP contribution in [0.25, 0.3) is 55.0 Å². The van der Waals surface area contributed by atoms with Crippen molar-refractivity contribution in [2.45, 2.75) is 0 Å². The van der Waals surface area contributed by atoms with Crippen molar-refractivity contribution in [1.29, 1.82) is 0 Å². The zero-order valence-corrected chi connectivity index (χ0v) is 30.2. The van der Waals surface area contributed by atoms with Gasteiger partial charge < -0.3 is 14.6 Å². The molecule has 0 bridgehead atoms. The van der Waals surface area contributed by atoms with E-state index in [9.17, 15) is 4.79 Å². The van der Waals surface area contributed by atoms with Gasteiger partial charge in [-0.05, 0) is 47.8 Å². The zero-order valence-electron chi connectivity index (χ0n) is 27.8. The minimum atomic E-state index is -0.990. The maximum Gasteiger partial charge on any atom is 0.354 e. The maximum absolute atomic E-state index is 10.1. The first kappa shape index (κ1) is 35.3. The van der Waals surface area contributed by atoms with Crippen LogP contribution in [-0.2, 0) is 20.1 Å². The smallest absolute Gasteiger partial charge is 0.354 e. The topological polar surface area (TPSA) is 130 Å². The van der Waals surface area contributed by atoms with Crippen molar-refractivity contribution in [2.24, 2.45) is 0 Å². The molecule has 3 heterocycles. The minimum absolute atomic E-state index is 0. The van der Waals surface area contributed by atoms with Gasteiger partial charge >= 0.3 is 5.97 Å². The monoisotopic (exact) mass is 864 g/mol. The normalized spacial score (nSPS) is 10.5. The summed E-state index contributed by atoms with van der Waals surface area (Å²) in [6, 6.07) is 46.5. The van der Waals surface area contributed by atoms with E-state index in [-0.39, 0.29) is 25.8 Å². The van der Waals surface area contributed by atoms with Crippen molar-refractivity contribution < 1.29 is 39.5 Å². The molecule has 6 aromatic carbocycles. The van der Waals surface area contributed by atoms with Crippen molar-refractivity contribution >= 4 is 49.6 Å². The Morgan fingerprint density at radius 3 is 1.25 bits per heavy atom. The number of ether oxygens (including phenoxy) is 2. The molecule has 3 aromatic heterocycles. The number of fused-ring (bicyclic) bond motifs is 4. The largest absolute Gasteiger partial charge is 0.554 e. The van der Waals surface area contributed by atoms with Gasteiger partial charge in [0.1, 0.15) is 27.8 Å². The van der Waals surface area contributed by atoms with Crippen molar-refractivity contribution in [3.63, 3.8) is 0 Å². The van der Waals surface area contributed by atoms with E-state index >= 15 is 0 Å². The number of hydrogen-bond acceptors (Lipinski definition) is 8. The number of aromatic nitrogens is 7. The molecule has 0 saturated heterocycles. The predicted octanol–water partition coefficient (Wildman–Crippen LogP) is 7.54. The van der Waals surface area contributed by atoms with Gasteiger partial charge in [-0.3, -0.25) is 0 Å². The summed E-state index contributed by atoms with van der Waals surface area (Å²) in [5.41, 5.74) is 5.19. The Hall–Kier alpha value is -6.49. The van der Waals surface area contributed by atoms with Crippen LogP contribution in [0.5, 0.6) is 11.5 Å². The molecule has 0 atom stereocenters. The van der Waals surface area contributed by atoms with Gasteiger partial charge in [0.2, 0.25) is 0 Å². The summed E-state index contributed by atoms with van der Waals surface area (Å²) in [6.07, 6.45) is 1.45. The van der Waals surface area contributed by atoms with Crippen molar-refractivity contribution in [3.05, 3.63) is 151 Å². The minimum Gasteiger partial charge on any atom is -0.554 e. The molecule has 0 aliphatic carbocycles. The van der Waals surface area contributed by atoms with Gasteiger partial charge in [0.25, 0.3) is 0 Å². The van der Waals surface area contributed by atoms with E-state index in [0.717, 1.165) is 66.5 Å². The number of benzene rings is 6. The van der Waals surface area contributed by atoms with E-state index in [1.165, 1.54) is 12.3 Å². The van der Waals surface area contributed by atoms with E-state index in [0.29, 0.717) is 0 Å². The summed E-state index contributed by atoms with van der Waals surface area (Å²) in [5.74, 6) is 0.604. The second-order valence-corrected chi connectivity index (χ2v) is 11.0. The molecule has 0 amide bonds. The first-order chi connectivity index (χ1) is 25.0. The molecule has 0 spiro atoms. The Kier molecular flexibility index (Phi) is 10.9. The van der Waals surface area contributed by atoms with E-state index in [1.807, 2.05) is 109 Å². The van der Waals surface area contributed by atoms with Crippen LogP contribution < -0.4 is 9.47 Å². The van der Waals surface area contributed by atoms with Crippen molar-refractivity contribution in [2.75, 3.05) is 14.2 Å². The molecule has 0 aliphatic heterocycles. The average molecular weight is 864 g/mol. The molecule has 12 heteroatoms. The Morgan fingerprint density at radius 2 is 0.923 bits per heavy atom. The Bertz CT molecular complexity index is 2400. The molecule has 9 rings (SSSR count). The second-order valence-electron chi connectivity index (χ2n) is 11.0. The van der Waals surface area contributed by atoms with Crippen LogP contribution in [0.4, 0.5) is 0 Å². The molecule has 1 radical (unpaired) electrons. The quantitative estimate of drug-likeness (QED) is 0.175. The molecular weight excluding hydrogens is 835 g/mol. The van der Waals surface area contributed by atoms with Gasteiger partial charge in [-0.2, -0.15) is 42.1 Å². The van der Waals surface area contributed by atoms with Gasteiger partial charge in [0.15, 0.2) is 0 Å². The fourth-order valence-corrected chi connectivity index (χ4v) is 5.47. The summed E-state index contributed by atoms with van der Waals surface area (Å²) >= 11 is 0. The SMILES string of the molecule is COc1c[c-]c(-n2nc3ccccc3n2)c2ccccc12.COc1c[c-]c(-n2nc3ccccc3n2)c2ccccc12.O=C(O)c1ccccn1.[Ir]. The number of carbonyl (C=O) groups is 1. The van der Waals surface area contributed by atoms with E-state index in [1.54, 1.807) is 35.9 Å². The van der Waals surface area contributed by atoms with E-state index in [4.69, 9.17) is 14.6 Å². The number of aromatic carboxylic acids is 1. The molecule has 0 fully saturated rings. The molecule has 11 nitrogen and oxygen atoms in total. The zero-order chi connectivity index (χ0) is 35.2. The number of carboxylic acids is 1. The molecule has 9 aromatic rings. The van der Waals surface area contributed by atoms with Crippen LogP contribution in [0.15, 0.2) is 134 Å². The van der Waals surface area contributed by atoms with E-state index in [2.05, 4.69) is 37.5 Å². The van der Waals surface area contributed by atoms with Crippen LogP contribution in [0.1, 0.15) is 10.5 Å². The van der Waals surface area contributed by atoms with Crippen LogP contribution in [0.3, 0.4) is 0 Å². The Labute approximate surface area is 311 Å². The molecule has 0 aliphatic rings. The van der Waals surface area contributed by atoms with Crippen LogP contribution in [0.2, 0.25) is 0 Å². The number of carboxylic acid groups (broad SMARTS) is 1. The summed E-state index contributed by atoms with van der Waals surface area (Å²) in [6.45, 7) is 0. The Morgan fingerprint density at radius 1 is 0.558 bits per heavy atom. The third-order valence-electron chi connectivity index (χ3n) is 7.87. The van der Waals surface area contributed by atoms with Gasteiger partial charge in [-0.25, -0.2) is 9.78 Å². The fourth-order valence-electron chi connectivity index (χ4n) is 5.47. The number of pyridine rings is 1. The molecule has 259 valence electrons. The standard InChI is InChI=1S/2C17H12N3O.C6H5NO2.Ir/c2*1-21-17-11-10-16(12-6-2-3-7-13(12)17)20-18-14-8-4-5-9-15(14)19-20;8-6(9)5-3-1-2-4-7-5;/h2*2-9,11H,1H3;1-4H,(H,8,9);/q2*-1;;. The predicted molar refractivity (Wildman–Crippen MR) is 195 cm³/mol. The molecule has 0 saturated carbocycles. The van der Waals surface area contributed by atoms with E-state index < -0.39 is 5.97 Å². The fraction of sp³-hybridized carbons (Fsp3) is 0.0500. The summed E-state index contributed by atoms with van der Waals surface area (Å²) in [4.78, 5) is 17.0. The first-order valence-electron chi connectivity index (χ1n) is 15.8. The Balaban J connectivity index is 0.000000143.